The lowest BCUT2D eigenvalue weighted by Gasteiger charge is -2.22. The molecule has 0 saturated heterocycles. The molecule has 0 saturated carbocycles. The molecular weight excluding hydrogens is 450 g/mol. The van der Waals surface area contributed by atoms with Crippen molar-refractivity contribution in [2.45, 2.75) is 75.0 Å². The van der Waals surface area contributed by atoms with Crippen LogP contribution in [0.4, 0.5) is 0 Å². The second-order valence-corrected chi connectivity index (χ2v) is 11.8. The topological polar surface area (TPSA) is 112 Å². The van der Waals surface area contributed by atoms with Crippen molar-refractivity contribution >= 4 is 20.0 Å². The molecule has 0 aliphatic heterocycles. The molecule has 178 valence electrons. The SMILES string of the molecule is CCCCCCCCN(S(=O)(=O)c1ccc(CCC)cc1)S(=O)(=O)c1ccc(O)c(O)c1. The van der Waals surface area contributed by atoms with Crippen LogP contribution in [0.3, 0.4) is 0 Å². The zero-order chi connectivity index (χ0) is 23.8. The van der Waals surface area contributed by atoms with Gasteiger partial charge in [-0.25, -0.2) is 16.8 Å². The van der Waals surface area contributed by atoms with Gasteiger partial charge in [0.15, 0.2) is 11.5 Å². The van der Waals surface area contributed by atoms with Gasteiger partial charge in [-0.05, 0) is 42.7 Å². The highest BCUT2D eigenvalue weighted by Gasteiger charge is 2.36. The summed E-state index contributed by atoms with van der Waals surface area (Å²) in [7, 11) is -8.85. The van der Waals surface area contributed by atoms with Crippen molar-refractivity contribution in [1.82, 2.24) is 3.71 Å². The summed E-state index contributed by atoms with van der Waals surface area (Å²) in [5.74, 6) is -1.12. The second-order valence-electron chi connectivity index (χ2n) is 7.82. The first-order valence-corrected chi connectivity index (χ1v) is 13.9. The maximum absolute atomic E-state index is 13.4. The fraction of sp³-hybridized carbons (Fsp3) is 0.478. The number of nitrogens with zero attached hydrogens (tertiary/aromatic N) is 1. The summed E-state index contributed by atoms with van der Waals surface area (Å²) in [5.41, 5.74) is 0.972. The second kappa shape index (κ2) is 11.7. The molecule has 0 heterocycles. The summed E-state index contributed by atoms with van der Waals surface area (Å²) < 4.78 is 53.9. The quantitative estimate of drug-likeness (QED) is 0.313. The van der Waals surface area contributed by atoms with Gasteiger partial charge in [0.2, 0.25) is 0 Å². The van der Waals surface area contributed by atoms with Crippen molar-refractivity contribution in [3.63, 3.8) is 0 Å². The Morgan fingerprint density at radius 2 is 1.25 bits per heavy atom. The number of aromatic hydroxyl groups is 2. The van der Waals surface area contributed by atoms with Gasteiger partial charge in [-0.1, -0.05) is 68.2 Å². The predicted molar refractivity (Wildman–Crippen MR) is 125 cm³/mol. The molecule has 7 nitrogen and oxygen atoms in total. The summed E-state index contributed by atoms with van der Waals surface area (Å²) >= 11 is 0. The Labute approximate surface area is 191 Å². The molecule has 0 unspecified atom stereocenters. The first-order valence-electron chi connectivity index (χ1n) is 11.0. The van der Waals surface area contributed by atoms with E-state index in [-0.39, 0.29) is 11.4 Å². The molecule has 0 amide bonds. The van der Waals surface area contributed by atoms with Crippen LogP contribution in [-0.4, -0.2) is 37.3 Å². The number of hydrogen-bond donors (Lipinski definition) is 2. The summed E-state index contributed by atoms with van der Waals surface area (Å²) in [6.45, 7) is 3.92. The molecule has 0 aromatic heterocycles. The van der Waals surface area contributed by atoms with Gasteiger partial charge < -0.3 is 10.2 Å². The Balaban J connectivity index is 2.39. The van der Waals surface area contributed by atoms with Crippen LogP contribution in [0.25, 0.3) is 0 Å². The van der Waals surface area contributed by atoms with Crippen LogP contribution >= 0.6 is 0 Å². The maximum Gasteiger partial charge on any atom is 0.256 e. The third-order valence-electron chi connectivity index (χ3n) is 5.24. The van der Waals surface area contributed by atoms with E-state index in [4.69, 9.17) is 0 Å². The van der Waals surface area contributed by atoms with Crippen molar-refractivity contribution in [1.29, 1.82) is 0 Å². The summed E-state index contributed by atoms with van der Waals surface area (Å²) in [6.07, 6.45) is 6.87. The predicted octanol–water partition coefficient (Wildman–Crippen LogP) is 4.79. The molecule has 0 aliphatic rings. The van der Waals surface area contributed by atoms with E-state index in [1.807, 2.05) is 6.92 Å². The summed E-state index contributed by atoms with van der Waals surface area (Å²) in [6, 6.07) is 9.21. The van der Waals surface area contributed by atoms with Gasteiger partial charge in [0.05, 0.1) is 9.79 Å². The molecule has 2 rings (SSSR count). The van der Waals surface area contributed by atoms with Gasteiger partial charge in [-0.3, -0.25) is 0 Å². The molecule has 0 fully saturated rings. The number of sulfonamides is 2. The van der Waals surface area contributed by atoms with E-state index in [9.17, 15) is 27.0 Å². The third-order valence-corrected chi connectivity index (χ3v) is 9.57. The Bertz CT molecular complexity index is 1080. The van der Waals surface area contributed by atoms with Crippen molar-refractivity contribution in [3.05, 3.63) is 48.0 Å². The van der Waals surface area contributed by atoms with Crippen molar-refractivity contribution in [3.8, 4) is 11.5 Å². The fourth-order valence-corrected chi connectivity index (χ4v) is 7.15. The van der Waals surface area contributed by atoms with E-state index in [2.05, 4.69) is 6.92 Å². The van der Waals surface area contributed by atoms with Crippen LogP contribution in [0.5, 0.6) is 11.5 Å². The van der Waals surface area contributed by atoms with Crippen LogP contribution in [0, 0.1) is 0 Å². The number of phenolic OH excluding ortho intramolecular Hbond substituents is 2. The molecule has 0 radical (unpaired) electrons. The molecule has 0 spiro atoms. The van der Waals surface area contributed by atoms with Gasteiger partial charge in [-0.2, -0.15) is 0 Å². The lowest BCUT2D eigenvalue weighted by molar-refractivity contribution is 0.402. The highest BCUT2D eigenvalue weighted by Crippen LogP contribution is 2.31. The van der Waals surface area contributed by atoms with Crippen molar-refractivity contribution in [2.24, 2.45) is 0 Å². The summed E-state index contributed by atoms with van der Waals surface area (Å²) in [5, 5.41) is 19.3. The highest BCUT2D eigenvalue weighted by atomic mass is 32.3. The van der Waals surface area contributed by atoms with Crippen LogP contribution in [0.2, 0.25) is 0 Å². The molecular formula is C23H33NO6S2. The molecule has 2 aromatic carbocycles. The molecule has 0 aliphatic carbocycles. The van der Waals surface area contributed by atoms with Gasteiger partial charge in [0.1, 0.15) is 0 Å². The standard InChI is InChI=1S/C23H33NO6S2/c1-3-5-6-7-8-9-17-24(32(29,30)21-15-16-22(25)23(26)18-21)31(27,28)20-13-11-19(10-4-2)12-14-20/h11-16,18,25-26H,3-10,17H2,1-2H3. The number of hydrogen-bond acceptors (Lipinski definition) is 6. The largest absolute Gasteiger partial charge is 0.504 e. The van der Waals surface area contributed by atoms with E-state index in [1.54, 1.807) is 12.1 Å². The van der Waals surface area contributed by atoms with Gasteiger partial charge in [-0.15, -0.1) is 0 Å². The normalized spacial score (nSPS) is 12.3. The van der Waals surface area contributed by atoms with Crippen LogP contribution in [-0.2, 0) is 26.5 Å². The molecule has 2 aromatic rings. The molecule has 32 heavy (non-hydrogen) atoms. The van der Waals surface area contributed by atoms with E-state index in [0.717, 1.165) is 62.3 Å². The Morgan fingerprint density at radius 3 is 1.84 bits per heavy atom. The van der Waals surface area contributed by atoms with E-state index in [1.165, 1.54) is 12.1 Å². The van der Waals surface area contributed by atoms with Crippen molar-refractivity contribution in [2.75, 3.05) is 6.54 Å². The lowest BCUT2D eigenvalue weighted by atomic mass is 10.1. The van der Waals surface area contributed by atoms with Crippen LogP contribution in [0.1, 0.15) is 64.4 Å². The zero-order valence-electron chi connectivity index (χ0n) is 18.7. The van der Waals surface area contributed by atoms with E-state index < -0.39 is 36.4 Å². The monoisotopic (exact) mass is 483 g/mol. The van der Waals surface area contributed by atoms with E-state index in [0.29, 0.717) is 16.6 Å². The van der Waals surface area contributed by atoms with Gasteiger partial charge in [0, 0.05) is 12.6 Å². The van der Waals surface area contributed by atoms with Gasteiger partial charge >= 0.3 is 0 Å². The average Bonchev–Trinajstić information content (AvgIpc) is 2.75. The minimum Gasteiger partial charge on any atom is -0.504 e. The molecule has 9 heteroatoms. The maximum atomic E-state index is 13.4. The Hall–Kier alpha value is -2.10. The first-order chi connectivity index (χ1) is 15.1. The highest BCUT2D eigenvalue weighted by molar-refractivity contribution is 8.04. The molecule has 0 atom stereocenters. The average molecular weight is 484 g/mol. The Morgan fingerprint density at radius 1 is 0.688 bits per heavy atom. The smallest absolute Gasteiger partial charge is 0.256 e. The number of phenols is 2. The first kappa shape index (κ1) is 26.2. The third kappa shape index (κ3) is 6.46. The van der Waals surface area contributed by atoms with Crippen molar-refractivity contribution < 1.29 is 27.0 Å². The van der Waals surface area contributed by atoms with Crippen LogP contribution < -0.4 is 0 Å². The molecule has 0 bridgehead atoms. The fourth-order valence-electron chi connectivity index (χ4n) is 3.41. The number of unbranched alkanes of at least 4 members (excludes halogenated alkanes) is 5. The number of rotatable bonds is 13. The Kier molecular flexibility index (Phi) is 9.54. The van der Waals surface area contributed by atoms with Crippen LogP contribution in [0.15, 0.2) is 52.3 Å². The van der Waals surface area contributed by atoms with Gasteiger partial charge in [0.25, 0.3) is 20.0 Å². The summed E-state index contributed by atoms with van der Waals surface area (Å²) in [4.78, 5) is -0.500. The zero-order valence-corrected chi connectivity index (χ0v) is 20.3. The number of benzene rings is 2. The molecule has 2 N–H and O–H groups in total. The van der Waals surface area contributed by atoms with E-state index >= 15 is 0 Å². The minimum absolute atomic E-state index is 0.102. The number of aryl methyl sites for hydroxylation is 1. The lowest BCUT2D eigenvalue weighted by Crippen LogP contribution is -2.37. The minimum atomic E-state index is -4.49.